The minimum atomic E-state index is -0.387. The van der Waals surface area contributed by atoms with Gasteiger partial charge in [-0.05, 0) is 17.5 Å². The molecule has 0 atom stereocenters. The summed E-state index contributed by atoms with van der Waals surface area (Å²) in [5.74, 6) is -0.387. The van der Waals surface area contributed by atoms with E-state index >= 15 is 0 Å². The largest absolute Gasteiger partial charge is 0.398 e. The first kappa shape index (κ1) is 7.83. The Morgan fingerprint density at radius 1 is 1.50 bits per heavy atom. The third-order valence-corrected chi connectivity index (χ3v) is 2.89. The number of benzene rings is 1. The van der Waals surface area contributed by atoms with Crippen molar-refractivity contribution in [3.63, 3.8) is 0 Å². The molecule has 0 unspecified atom stereocenters. The average molecular weight is 202 g/mol. The average Bonchev–Trinajstić information content (AvgIpc) is 2.48. The molecule has 0 aliphatic carbocycles. The highest BCUT2D eigenvalue weighted by molar-refractivity contribution is 7.17. The van der Waals surface area contributed by atoms with Crippen LogP contribution in [0.1, 0.15) is 0 Å². The van der Waals surface area contributed by atoms with Gasteiger partial charge >= 0.3 is 0 Å². The zero-order chi connectivity index (χ0) is 8.72. The standard InChI is InChI=1S/C8H5ClFNS/c9-5-3-6(11)8-4(7(5)10)1-2-12-8/h1-3H,11H2. The molecule has 1 nitrogen and oxygen atoms in total. The van der Waals surface area contributed by atoms with Gasteiger partial charge in [0.25, 0.3) is 0 Å². The third-order valence-electron chi connectivity index (χ3n) is 1.66. The predicted octanol–water partition coefficient (Wildman–Crippen LogP) is 3.28. The van der Waals surface area contributed by atoms with Crippen molar-refractivity contribution in [1.82, 2.24) is 0 Å². The number of rotatable bonds is 0. The fourth-order valence-electron chi connectivity index (χ4n) is 1.10. The highest BCUT2D eigenvalue weighted by Gasteiger charge is 2.09. The second kappa shape index (κ2) is 2.61. The van der Waals surface area contributed by atoms with Crippen LogP contribution in [0.5, 0.6) is 0 Å². The highest BCUT2D eigenvalue weighted by atomic mass is 35.5. The third kappa shape index (κ3) is 0.974. The first-order chi connectivity index (χ1) is 5.70. The lowest BCUT2D eigenvalue weighted by molar-refractivity contribution is 0.640. The van der Waals surface area contributed by atoms with Crippen LogP contribution in [0.25, 0.3) is 10.1 Å². The summed E-state index contributed by atoms with van der Waals surface area (Å²) in [5, 5.41) is 2.38. The van der Waals surface area contributed by atoms with Crippen molar-refractivity contribution >= 4 is 38.7 Å². The van der Waals surface area contributed by atoms with Crippen molar-refractivity contribution in [1.29, 1.82) is 0 Å². The molecule has 2 rings (SSSR count). The number of nitrogen functional groups attached to an aromatic ring is 1. The van der Waals surface area contributed by atoms with Crippen LogP contribution < -0.4 is 5.73 Å². The van der Waals surface area contributed by atoms with Crippen molar-refractivity contribution in [2.24, 2.45) is 0 Å². The Kier molecular flexibility index (Phi) is 1.70. The lowest BCUT2D eigenvalue weighted by Crippen LogP contribution is -1.87. The molecule has 1 aromatic heterocycles. The molecule has 0 bridgehead atoms. The molecule has 0 amide bonds. The summed E-state index contributed by atoms with van der Waals surface area (Å²) in [5.41, 5.74) is 6.16. The van der Waals surface area contributed by atoms with E-state index in [9.17, 15) is 4.39 Å². The minimum Gasteiger partial charge on any atom is -0.398 e. The van der Waals surface area contributed by atoms with Gasteiger partial charge < -0.3 is 5.73 Å². The Hall–Kier alpha value is -0.800. The maximum absolute atomic E-state index is 13.2. The smallest absolute Gasteiger partial charge is 0.150 e. The molecule has 0 aliphatic heterocycles. The van der Waals surface area contributed by atoms with E-state index in [1.54, 1.807) is 11.4 Å². The number of nitrogens with two attached hydrogens (primary N) is 1. The van der Waals surface area contributed by atoms with Gasteiger partial charge in [-0.15, -0.1) is 11.3 Å². The second-order valence-electron chi connectivity index (χ2n) is 2.42. The molecular weight excluding hydrogens is 197 g/mol. The number of fused-ring (bicyclic) bond motifs is 1. The molecule has 0 fully saturated rings. The van der Waals surface area contributed by atoms with Crippen LogP contribution in [-0.2, 0) is 0 Å². The first-order valence-corrected chi connectivity index (χ1v) is 4.56. The van der Waals surface area contributed by atoms with Crippen molar-refractivity contribution in [2.75, 3.05) is 5.73 Å². The Labute approximate surface area is 77.6 Å². The van der Waals surface area contributed by atoms with Crippen molar-refractivity contribution in [3.05, 3.63) is 28.4 Å². The van der Waals surface area contributed by atoms with Crippen LogP contribution in [-0.4, -0.2) is 0 Å². The van der Waals surface area contributed by atoms with Crippen LogP contribution in [0.15, 0.2) is 17.5 Å². The maximum atomic E-state index is 13.2. The Bertz CT molecular complexity index is 438. The van der Waals surface area contributed by atoms with E-state index in [2.05, 4.69) is 0 Å². The summed E-state index contributed by atoms with van der Waals surface area (Å²) in [6.45, 7) is 0. The van der Waals surface area contributed by atoms with Gasteiger partial charge in [-0.2, -0.15) is 0 Å². The van der Waals surface area contributed by atoms with Crippen molar-refractivity contribution < 1.29 is 4.39 Å². The van der Waals surface area contributed by atoms with Gasteiger partial charge in [0.1, 0.15) is 0 Å². The SMILES string of the molecule is Nc1cc(Cl)c(F)c2ccsc12. The minimum absolute atomic E-state index is 0.0819. The van der Waals surface area contributed by atoms with Gasteiger partial charge in [-0.25, -0.2) is 4.39 Å². The van der Waals surface area contributed by atoms with Gasteiger partial charge in [0.05, 0.1) is 15.4 Å². The maximum Gasteiger partial charge on any atom is 0.150 e. The lowest BCUT2D eigenvalue weighted by atomic mass is 10.2. The zero-order valence-corrected chi connectivity index (χ0v) is 7.55. The summed E-state index contributed by atoms with van der Waals surface area (Å²) in [7, 11) is 0. The topological polar surface area (TPSA) is 26.0 Å². The Balaban J connectivity index is 2.97. The molecule has 0 saturated heterocycles. The van der Waals surface area contributed by atoms with E-state index in [1.165, 1.54) is 17.4 Å². The monoisotopic (exact) mass is 201 g/mol. The number of halogens is 2. The predicted molar refractivity (Wildman–Crippen MR) is 51.2 cm³/mol. The molecule has 12 heavy (non-hydrogen) atoms. The van der Waals surface area contributed by atoms with E-state index < -0.39 is 0 Å². The number of hydrogen-bond donors (Lipinski definition) is 1. The van der Waals surface area contributed by atoms with E-state index in [0.29, 0.717) is 11.1 Å². The van der Waals surface area contributed by atoms with Gasteiger partial charge in [0, 0.05) is 5.39 Å². The number of hydrogen-bond acceptors (Lipinski definition) is 2. The molecule has 0 spiro atoms. The highest BCUT2D eigenvalue weighted by Crippen LogP contribution is 2.33. The van der Waals surface area contributed by atoms with Gasteiger partial charge in [0.2, 0.25) is 0 Å². The first-order valence-electron chi connectivity index (χ1n) is 3.31. The number of anilines is 1. The molecular formula is C8H5ClFNS. The van der Waals surface area contributed by atoms with Crippen LogP contribution in [0.3, 0.4) is 0 Å². The quantitative estimate of drug-likeness (QED) is 0.651. The number of thiophene rings is 1. The summed E-state index contributed by atoms with van der Waals surface area (Å²) in [6, 6.07) is 3.12. The molecule has 1 aromatic carbocycles. The molecule has 2 aromatic rings. The van der Waals surface area contributed by atoms with E-state index in [0.717, 1.165) is 4.70 Å². The van der Waals surface area contributed by atoms with Crippen molar-refractivity contribution in [3.8, 4) is 0 Å². The summed E-state index contributed by atoms with van der Waals surface area (Å²) >= 11 is 7.01. The van der Waals surface area contributed by atoms with Gasteiger partial charge in [-0.3, -0.25) is 0 Å². The molecule has 0 radical (unpaired) electrons. The summed E-state index contributed by atoms with van der Waals surface area (Å²) < 4.78 is 14.0. The molecule has 4 heteroatoms. The molecule has 62 valence electrons. The van der Waals surface area contributed by atoms with Crippen LogP contribution in [0.4, 0.5) is 10.1 Å². The van der Waals surface area contributed by atoms with Gasteiger partial charge in [0.15, 0.2) is 5.82 Å². The van der Waals surface area contributed by atoms with Crippen molar-refractivity contribution in [2.45, 2.75) is 0 Å². The molecule has 0 saturated carbocycles. The van der Waals surface area contributed by atoms with Gasteiger partial charge in [-0.1, -0.05) is 11.6 Å². The van der Waals surface area contributed by atoms with E-state index in [-0.39, 0.29) is 10.8 Å². The molecule has 0 aliphatic rings. The second-order valence-corrected chi connectivity index (χ2v) is 3.75. The zero-order valence-electron chi connectivity index (χ0n) is 5.97. The van der Waals surface area contributed by atoms with E-state index in [4.69, 9.17) is 17.3 Å². The fraction of sp³-hybridized carbons (Fsp3) is 0. The van der Waals surface area contributed by atoms with Crippen LogP contribution in [0.2, 0.25) is 5.02 Å². The Morgan fingerprint density at radius 3 is 3.00 bits per heavy atom. The lowest BCUT2D eigenvalue weighted by Gasteiger charge is -1.99. The van der Waals surface area contributed by atoms with E-state index in [1.807, 2.05) is 0 Å². The van der Waals surface area contributed by atoms with Crippen LogP contribution >= 0.6 is 22.9 Å². The normalized spacial score (nSPS) is 10.8. The van der Waals surface area contributed by atoms with Crippen LogP contribution in [0, 0.1) is 5.82 Å². The Morgan fingerprint density at radius 2 is 2.25 bits per heavy atom. The summed E-state index contributed by atoms with van der Waals surface area (Å²) in [4.78, 5) is 0. The fourth-order valence-corrected chi connectivity index (χ4v) is 2.14. The summed E-state index contributed by atoms with van der Waals surface area (Å²) in [6.07, 6.45) is 0. The molecule has 2 N–H and O–H groups in total. The molecule has 1 heterocycles.